The minimum absolute atomic E-state index is 0.652. The first kappa shape index (κ1) is 10.1. The summed E-state index contributed by atoms with van der Waals surface area (Å²) in [4.78, 5) is 0. The fraction of sp³-hybridized carbons (Fsp3) is 0.364. The van der Waals surface area contributed by atoms with Crippen LogP contribution in [0.2, 0.25) is 0 Å². The highest BCUT2D eigenvalue weighted by Gasteiger charge is 2.00. The van der Waals surface area contributed by atoms with Crippen LogP contribution in [0.5, 0.6) is 0 Å². The number of hydrogen-bond acceptors (Lipinski definition) is 1. The van der Waals surface area contributed by atoms with Crippen LogP contribution in [0.15, 0.2) is 18.2 Å². The summed E-state index contributed by atoms with van der Waals surface area (Å²) in [6.45, 7) is 1.99. The molecule has 0 aromatic heterocycles. The Labute approximate surface area is 84.0 Å². The zero-order valence-electron chi connectivity index (χ0n) is 7.68. The number of alkyl halides is 1. The quantitative estimate of drug-likeness (QED) is 0.677. The van der Waals surface area contributed by atoms with Crippen LogP contribution < -0.4 is 0 Å². The molecule has 0 bridgehead atoms. The average molecular weight is 194 g/mol. The summed E-state index contributed by atoms with van der Waals surface area (Å²) in [6, 6.07) is 8.17. The number of nitriles is 1. The van der Waals surface area contributed by atoms with E-state index in [1.807, 2.05) is 25.1 Å². The highest BCUT2D eigenvalue weighted by Crippen LogP contribution is 2.12. The van der Waals surface area contributed by atoms with Gasteiger partial charge in [0.05, 0.1) is 11.6 Å². The number of hydrogen-bond donors (Lipinski definition) is 0. The zero-order chi connectivity index (χ0) is 9.68. The first-order chi connectivity index (χ1) is 6.27. The molecule has 0 unspecified atom stereocenters. The number of benzene rings is 1. The zero-order valence-corrected chi connectivity index (χ0v) is 8.43. The van der Waals surface area contributed by atoms with E-state index >= 15 is 0 Å². The van der Waals surface area contributed by atoms with Crippen LogP contribution in [-0.2, 0) is 6.42 Å². The van der Waals surface area contributed by atoms with Crippen molar-refractivity contribution >= 4 is 11.6 Å². The molecule has 0 radical (unpaired) electrons. The van der Waals surface area contributed by atoms with Crippen LogP contribution in [0.25, 0.3) is 0 Å². The minimum Gasteiger partial charge on any atom is -0.192 e. The molecule has 2 heteroatoms. The Kier molecular flexibility index (Phi) is 3.79. The van der Waals surface area contributed by atoms with Gasteiger partial charge in [-0.15, -0.1) is 11.6 Å². The van der Waals surface area contributed by atoms with E-state index < -0.39 is 0 Å². The molecule has 0 saturated carbocycles. The lowest BCUT2D eigenvalue weighted by atomic mass is 10.0. The van der Waals surface area contributed by atoms with Gasteiger partial charge in [-0.3, -0.25) is 0 Å². The van der Waals surface area contributed by atoms with E-state index in [1.165, 1.54) is 0 Å². The molecule has 13 heavy (non-hydrogen) atoms. The van der Waals surface area contributed by atoms with E-state index in [2.05, 4.69) is 6.07 Å². The van der Waals surface area contributed by atoms with Gasteiger partial charge in [0.2, 0.25) is 0 Å². The Hall–Kier alpha value is -1.00. The molecule has 0 heterocycles. The number of nitrogens with zero attached hydrogens (tertiary/aromatic N) is 1. The molecule has 0 spiro atoms. The third-order valence-electron chi connectivity index (χ3n) is 1.97. The van der Waals surface area contributed by atoms with E-state index in [0.717, 1.165) is 29.5 Å². The van der Waals surface area contributed by atoms with Crippen molar-refractivity contribution in [2.75, 3.05) is 5.88 Å². The van der Waals surface area contributed by atoms with Gasteiger partial charge in [-0.1, -0.05) is 12.1 Å². The third kappa shape index (κ3) is 2.75. The van der Waals surface area contributed by atoms with Gasteiger partial charge >= 0.3 is 0 Å². The topological polar surface area (TPSA) is 23.8 Å². The van der Waals surface area contributed by atoms with Crippen LogP contribution in [0.3, 0.4) is 0 Å². The maximum absolute atomic E-state index is 8.86. The van der Waals surface area contributed by atoms with Crippen LogP contribution in [0.4, 0.5) is 0 Å². The molecule has 0 N–H and O–H groups in total. The normalized spacial score (nSPS) is 9.62. The van der Waals surface area contributed by atoms with Crippen molar-refractivity contribution in [2.24, 2.45) is 0 Å². The monoisotopic (exact) mass is 193 g/mol. The molecule has 0 aliphatic rings. The van der Waals surface area contributed by atoms with E-state index in [4.69, 9.17) is 16.9 Å². The molecular weight excluding hydrogens is 182 g/mol. The highest BCUT2D eigenvalue weighted by molar-refractivity contribution is 6.17. The van der Waals surface area contributed by atoms with E-state index in [0.29, 0.717) is 5.88 Å². The van der Waals surface area contributed by atoms with Gasteiger partial charge in [0.25, 0.3) is 0 Å². The number of rotatable bonds is 3. The number of aryl methyl sites for hydroxylation is 2. The molecule has 1 aromatic carbocycles. The first-order valence-electron chi connectivity index (χ1n) is 4.33. The molecule has 1 rings (SSSR count). The second kappa shape index (κ2) is 4.89. The molecule has 0 amide bonds. The van der Waals surface area contributed by atoms with Crippen molar-refractivity contribution in [3.63, 3.8) is 0 Å². The van der Waals surface area contributed by atoms with Crippen molar-refractivity contribution in [2.45, 2.75) is 19.8 Å². The van der Waals surface area contributed by atoms with Gasteiger partial charge in [0.1, 0.15) is 0 Å². The molecule has 0 aliphatic heterocycles. The predicted molar refractivity (Wildman–Crippen MR) is 54.9 cm³/mol. The van der Waals surface area contributed by atoms with Gasteiger partial charge < -0.3 is 0 Å². The molecular formula is C11H12ClN. The molecule has 1 nitrogen and oxygen atoms in total. The first-order valence-corrected chi connectivity index (χ1v) is 4.87. The van der Waals surface area contributed by atoms with Crippen LogP contribution >= 0.6 is 11.6 Å². The fourth-order valence-corrected chi connectivity index (χ4v) is 1.40. The summed E-state index contributed by atoms with van der Waals surface area (Å²) >= 11 is 5.60. The standard InChI is InChI=1S/C11H12ClN/c1-9-4-5-10(3-2-6-12)11(7-9)8-13/h4-5,7H,2-3,6H2,1H3. The molecule has 68 valence electrons. The summed E-state index contributed by atoms with van der Waals surface area (Å²) in [7, 11) is 0. The van der Waals surface area contributed by atoms with Crippen LogP contribution in [-0.4, -0.2) is 5.88 Å². The smallest absolute Gasteiger partial charge is 0.0994 e. The molecule has 0 saturated heterocycles. The molecule has 0 atom stereocenters. The van der Waals surface area contributed by atoms with Gasteiger partial charge in [-0.2, -0.15) is 5.26 Å². The maximum atomic E-state index is 8.86. The van der Waals surface area contributed by atoms with Gasteiger partial charge in [-0.05, 0) is 37.0 Å². The summed E-state index contributed by atoms with van der Waals surface area (Å²) in [5.74, 6) is 0.652. The van der Waals surface area contributed by atoms with Crippen molar-refractivity contribution in [3.05, 3.63) is 34.9 Å². The van der Waals surface area contributed by atoms with Gasteiger partial charge in [0.15, 0.2) is 0 Å². The van der Waals surface area contributed by atoms with Crippen molar-refractivity contribution < 1.29 is 0 Å². The van der Waals surface area contributed by atoms with Crippen LogP contribution in [0.1, 0.15) is 23.1 Å². The van der Waals surface area contributed by atoms with Gasteiger partial charge in [-0.25, -0.2) is 0 Å². The minimum atomic E-state index is 0.652. The average Bonchev–Trinajstić information content (AvgIpc) is 2.16. The lowest BCUT2D eigenvalue weighted by Gasteiger charge is -2.02. The molecule has 0 aliphatic carbocycles. The Morgan fingerprint density at radius 3 is 2.85 bits per heavy atom. The summed E-state index contributed by atoms with van der Waals surface area (Å²) in [5.41, 5.74) is 3.02. The summed E-state index contributed by atoms with van der Waals surface area (Å²) in [5, 5.41) is 8.86. The van der Waals surface area contributed by atoms with Crippen molar-refractivity contribution in [1.29, 1.82) is 5.26 Å². The summed E-state index contributed by atoms with van der Waals surface area (Å²) in [6.07, 6.45) is 1.83. The lowest BCUT2D eigenvalue weighted by Crippen LogP contribution is -1.91. The van der Waals surface area contributed by atoms with E-state index in [1.54, 1.807) is 0 Å². The van der Waals surface area contributed by atoms with E-state index in [9.17, 15) is 0 Å². The fourth-order valence-electron chi connectivity index (χ4n) is 1.27. The van der Waals surface area contributed by atoms with Crippen LogP contribution in [0, 0.1) is 18.3 Å². The lowest BCUT2D eigenvalue weighted by molar-refractivity contribution is 0.924. The predicted octanol–water partition coefficient (Wildman–Crippen LogP) is 3.04. The Morgan fingerprint density at radius 2 is 2.23 bits per heavy atom. The Morgan fingerprint density at radius 1 is 1.46 bits per heavy atom. The SMILES string of the molecule is Cc1ccc(CCCCl)c(C#N)c1. The van der Waals surface area contributed by atoms with E-state index in [-0.39, 0.29) is 0 Å². The summed E-state index contributed by atoms with van der Waals surface area (Å²) < 4.78 is 0. The van der Waals surface area contributed by atoms with Crippen molar-refractivity contribution in [3.8, 4) is 6.07 Å². The second-order valence-electron chi connectivity index (χ2n) is 3.06. The maximum Gasteiger partial charge on any atom is 0.0994 e. The number of halogens is 1. The molecule has 0 fully saturated rings. The Bertz CT molecular complexity index is 325. The largest absolute Gasteiger partial charge is 0.192 e. The van der Waals surface area contributed by atoms with Gasteiger partial charge in [0, 0.05) is 5.88 Å². The third-order valence-corrected chi connectivity index (χ3v) is 2.23. The second-order valence-corrected chi connectivity index (χ2v) is 3.44. The molecule has 1 aromatic rings. The Balaban J connectivity index is 2.88. The van der Waals surface area contributed by atoms with Crippen molar-refractivity contribution in [1.82, 2.24) is 0 Å². The highest BCUT2D eigenvalue weighted by atomic mass is 35.5.